The lowest BCUT2D eigenvalue weighted by atomic mass is 10.1. The van der Waals surface area contributed by atoms with Crippen molar-refractivity contribution in [1.82, 2.24) is 4.90 Å². The van der Waals surface area contributed by atoms with Crippen LogP contribution in [0.15, 0.2) is 24.3 Å². The van der Waals surface area contributed by atoms with E-state index in [0.717, 1.165) is 0 Å². The van der Waals surface area contributed by atoms with Crippen LogP contribution in [0.3, 0.4) is 0 Å². The fraction of sp³-hybridized carbons (Fsp3) is 0.417. The molecule has 0 aromatic heterocycles. The Morgan fingerprint density at radius 2 is 2.12 bits per heavy atom. The van der Waals surface area contributed by atoms with Gasteiger partial charge in [0.2, 0.25) is 0 Å². The second-order valence-electron chi connectivity index (χ2n) is 4.48. The predicted octanol–water partition coefficient (Wildman–Crippen LogP) is 2.18. The summed E-state index contributed by atoms with van der Waals surface area (Å²) in [7, 11) is 1.65. The zero-order valence-corrected chi connectivity index (χ0v) is 10.5. The van der Waals surface area contributed by atoms with Crippen LogP contribution in [0.4, 0.5) is 0 Å². The van der Waals surface area contributed by atoms with E-state index in [2.05, 4.69) is 0 Å². The first-order chi connectivity index (χ1) is 7.29. The van der Waals surface area contributed by atoms with Gasteiger partial charge < -0.3 is 10.0 Å². The highest BCUT2D eigenvalue weighted by molar-refractivity contribution is 6.30. The Morgan fingerprint density at radius 3 is 2.62 bits per heavy atom. The van der Waals surface area contributed by atoms with E-state index in [1.54, 1.807) is 45.2 Å². The van der Waals surface area contributed by atoms with E-state index in [4.69, 9.17) is 11.6 Å². The molecule has 0 saturated heterocycles. The Balaban J connectivity index is 2.78. The van der Waals surface area contributed by atoms with Crippen molar-refractivity contribution in [3.63, 3.8) is 0 Å². The topological polar surface area (TPSA) is 40.5 Å². The average molecular weight is 242 g/mol. The molecule has 0 spiro atoms. The van der Waals surface area contributed by atoms with Crippen LogP contribution in [-0.2, 0) is 0 Å². The SMILES string of the molecule is CN(CC(C)(C)O)C(=O)c1cccc(Cl)c1. The number of rotatable bonds is 3. The van der Waals surface area contributed by atoms with Crippen LogP contribution in [0.5, 0.6) is 0 Å². The summed E-state index contributed by atoms with van der Waals surface area (Å²) >= 11 is 5.81. The van der Waals surface area contributed by atoms with Crippen molar-refractivity contribution in [3.8, 4) is 0 Å². The van der Waals surface area contributed by atoms with Crippen LogP contribution < -0.4 is 0 Å². The standard InChI is InChI=1S/C12H16ClNO2/c1-12(2,16)8-14(3)11(15)9-5-4-6-10(13)7-9/h4-7,16H,8H2,1-3H3. The van der Waals surface area contributed by atoms with Gasteiger partial charge in [-0.05, 0) is 32.0 Å². The number of benzene rings is 1. The summed E-state index contributed by atoms with van der Waals surface area (Å²) in [4.78, 5) is 13.4. The van der Waals surface area contributed by atoms with E-state index >= 15 is 0 Å². The molecule has 3 nitrogen and oxygen atoms in total. The minimum Gasteiger partial charge on any atom is -0.389 e. The maximum atomic E-state index is 11.9. The molecule has 1 aromatic rings. The highest BCUT2D eigenvalue weighted by Gasteiger charge is 2.20. The molecule has 0 bridgehead atoms. The molecule has 1 amide bonds. The molecular weight excluding hydrogens is 226 g/mol. The Morgan fingerprint density at radius 1 is 1.50 bits per heavy atom. The highest BCUT2D eigenvalue weighted by atomic mass is 35.5. The monoisotopic (exact) mass is 241 g/mol. The highest BCUT2D eigenvalue weighted by Crippen LogP contribution is 2.13. The molecule has 4 heteroatoms. The zero-order chi connectivity index (χ0) is 12.3. The molecule has 16 heavy (non-hydrogen) atoms. The van der Waals surface area contributed by atoms with E-state index in [9.17, 15) is 9.90 Å². The summed E-state index contributed by atoms with van der Waals surface area (Å²) in [5.74, 6) is -0.148. The molecule has 1 N–H and O–H groups in total. The number of likely N-dealkylation sites (N-methyl/N-ethyl adjacent to an activating group) is 1. The van der Waals surface area contributed by atoms with Crippen molar-refractivity contribution >= 4 is 17.5 Å². The van der Waals surface area contributed by atoms with Crippen molar-refractivity contribution in [2.24, 2.45) is 0 Å². The zero-order valence-electron chi connectivity index (χ0n) is 9.70. The van der Waals surface area contributed by atoms with Gasteiger partial charge in [-0.25, -0.2) is 0 Å². The van der Waals surface area contributed by atoms with Crippen LogP contribution in [0.2, 0.25) is 5.02 Å². The molecular formula is C12H16ClNO2. The van der Waals surface area contributed by atoms with Gasteiger partial charge in [-0.15, -0.1) is 0 Å². The third-order valence-electron chi connectivity index (χ3n) is 2.04. The summed E-state index contributed by atoms with van der Waals surface area (Å²) in [6.45, 7) is 3.60. The number of hydrogen-bond donors (Lipinski definition) is 1. The summed E-state index contributed by atoms with van der Waals surface area (Å²) in [6.07, 6.45) is 0. The third-order valence-corrected chi connectivity index (χ3v) is 2.28. The number of carbonyl (C=O) groups excluding carboxylic acids is 1. The molecule has 0 unspecified atom stereocenters. The molecule has 0 fully saturated rings. The lowest BCUT2D eigenvalue weighted by molar-refractivity contribution is 0.0368. The Labute approximate surface area is 101 Å². The first-order valence-electron chi connectivity index (χ1n) is 5.03. The molecule has 0 heterocycles. The third kappa shape index (κ3) is 3.83. The maximum Gasteiger partial charge on any atom is 0.253 e. The van der Waals surface area contributed by atoms with Crippen molar-refractivity contribution < 1.29 is 9.90 Å². The quantitative estimate of drug-likeness (QED) is 0.881. The Bertz CT molecular complexity index is 385. The lowest BCUT2D eigenvalue weighted by Gasteiger charge is -2.25. The van der Waals surface area contributed by atoms with Gasteiger partial charge >= 0.3 is 0 Å². The van der Waals surface area contributed by atoms with Crippen LogP contribution in [0, 0.1) is 0 Å². The molecule has 1 aromatic carbocycles. The molecule has 1 rings (SSSR count). The number of hydrogen-bond acceptors (Lipinski definition) is 2. The van der Waals surface area contributed by atoms with E-state index in [1.165, 1.54) is 4.90 Å². The van der Waals surface area contributed by atoms with Gasteiger partial charge in [0.15, 0.2) is 0 Å². The first-order valence-corrected chi connectivity index (χ1v) is 5.41. The van der Waals surface area contributed by atoms with Crippen molar-refractivity contribution in [3.05, 3.63) is 34.9 Å². The van der Waals surface area contributed by atoms with Crippen LogP contribution in [0.1, 0.15) is 24.2 Å². The van der Waals surface area contributed by atoms with Gasteiger partial charge in [-0.3, -0.25) is 4.79 Å². The van der Waals surface area contributed by atoms with Gasteiger partial charge in [0.1, 0.15) is 0 Å². The van der Waals surface area contributed by atoms with Crippen LogP contribution in [0.25, 0.3) is 0 Å². The summed E-state index contributed by atoms with van der Waals surface area (Å²) < 4.78 is 0. The molecule has 0 atom stereocenters. The lowest BCUT2D eigenvalue weighted by Crippen LogP contribution is -2.39. The average Bonchev–Trinajstić information content (AvgIpc) is 2.14. The molecule has 0 saturated carbocycles. The van der Waals surface area contributed by atoms with Crippen molar-refractivity contribution in [1.29, 1.82) is 0 Å². The minimum absolute atomic E-state index is 0.148. The van der Waals surface area contributed by atoms with Crippen LogP contribution in [-0.4, -0.2) is 35.1 Å². The summed E-state index contributed by atoms with van der Waals surface area (Å²) in [6, 6.07) is 6.77. The van der Waals surface area contributed by atoms with E-state index in [-0.39, 0.29) is 12.5 Å². The number of carbonyl (C=O) groups is 1. The number of nitrogens with zero attached hydrogens (tertiary/aromatic N) is 1. The molecule has 0 aliphatic rings. The number of halogens is 1. The molecule has 0 aliphatic carbocycles. The fourth-order valence-corrected chi connectivity index (χ4v) is 1.68. The van der Waals surface area contributed by atoms with Gasteiger partial charge in [0.25, 0.3) is 5.91 Å². The number of amides is 1. The fourth-order valence-electron chi connectivity index (χ4n) is 1.49. The van der Waals surface area contributed by atoms with Gasteiger partial charge in [-0.2, -0.15) is 0 Å². The summed E-state index contributed by atoms with van der Waals surface area (Å²) in [5.41, 5.74) is -0.373. The van der Waals surface area contributed by atoms with Crippen molar-refractivity contribution in [2.75, 3.05) is 13.6 Å². The van der Waals surface area contributed by atoms with E-state index < -0.39 is 5.60 Å². The van der Waals surface area contributed by atoms with E-state index in [1.807, 2.05) is 0 Å². The second kappa shape index (κ2) is 4.85. The van der Waals surface area contributed by atoms with Gasteiger partial charge in [0.05, 0.1) is 5.60 Å². The largest absolute Gasteiger partial charge is 0.389 e. The van der Waals surface area contributed by atoms with Gasteiger partial charge in [0, 0.05) is 24.2 Å². The van der Waals surface area contributed by atoms with Crippen molar-refractivity contribution in [2.45, 2.75) is 19.4 Å². The number of aliphatic hydroxyl groups is 1. The predicted molar refractivity (Wildman–Crippen MR) is 64.7 cm³/mol. The Kier molecular flexibility index (Phi) is 3.94. The minimum atomic E-state index is -0.900. The molecule has 0 radical (unpaired) electrons. The normalized spacial score (nSPS) is 11.3. The summed E-state index contributed by atoms with van der Waals surface area (Å²) in [5, 5.41) is 10.1. The first kappa shape index (κ1) is 13.0. The maximum absolute atomic E-state index is 11.9. The van der Waals surface area contributed by atoms with Crippen LogP contribution >= 0.6 is 11.6 Å². The second-order valence-corrected chi connectivity index (χ2v) is 4.92. The molecule has 88 valence electrons. The smallest absolute Gasteiger partial charge is 0.253 e. The van der Waals surface area contributed by atoms with E-state index in [0.29, 0.717) is 10.6 Å². The van der Waals surface area contributed by atoms with Gasteiger partial charge in [-0.1, -0.05) is 17.7 Å². The Hall–Kier alpha value is -1.06. The molecule has 0 aliphatic heterocycles.